The predicted molar refractivity (Wildman–Crippen MR) is 234 cm³/mol. The first kappa shape index (κ1) is 32.2. The molecular weight excluding hydrogens is 699 g/mol. The topological polar surface area (TPSA) is 12.5 Å². The van der Waals surface area contributed by atoms with Crippen LogP contribution in [0.3, 0.4) is 0 Å². The fourth-order valence-electron chi connectivity index (χ4n) is 10.4. The molecule has 11 rings (SSSR count). The van der Waals surface area contributed by atoms with Crippen molar-refractivity contribution in [2.45, 2.75) is 19.3 Å². The van der Waals surface area contributed by atoms with Crippen LogP contribution in [0.25, 0.3) is 0 Å². The Morgan fingerprint density at radius 3 is 1.35 bits per heavy atom. The molecule has 3 aliphatic heterocycles. The minimum absolute atomic E-state index is 0.145. The fraction of sp³-hybridized carbons (Fsp3) is 0.0588. The van der Waals surface area contributed by atoms with Crippen molar-refractivity contribution in [3.63, 3.8) is 0 Å². The van der Waals surface area contributed by atoms with Crippen molar-refractivity contribution in [3.05, 3.63) is 211 Å². The van der Waals surface area contributed by atoms with Gasteiger partial charge in [0.1, 0.15) is 11.5 Å². The highest BCUT2D eigenvalue weighted by Crippen LogP contribution is 2.51. The van der Waals surface area contributed by atoms with Gasteiger partial charge in [0.25, 0.3) is 0 Å². The van der Waals surface area contributed by atoms with E-state index in [0.717, 1.165) is 11.5 Å². The third-order valence-corrected chi connectivity index (χ3v) is 23.0. The standard InChI is InChI=1S/C51H39NOSi2/c1-51(2)39-23-9-11-25-41(39)52(42-26-12-10-24-40(42)51)36-33-34-49-50(35-36)55(45-29-15-13-27-43(45)53-44-28-14-16-30-46(44)55)48-32-18-17-31-47(48)54(49,37-19-5-3-6-20-37)38-21-7-4-8-22-38/h3-35H,1-2H3. The first-order valence-corrected chi connectivity index (χ1v) is 23.3. The van der Waals surface area contributed by atoms with Crippen molar-refractivity contribution < 1.29 is 4.74 Å². The number of hydrogen-bond donors (Lipinski definition) is 0. The lowest BCUT2D eigenvalue weighted by molar-refractivity contribution is 0.487. The molecule has 0 amide bonds. The Labute approximate surface area is 325 Å². The summed E-state index contributed by atoms with van der Waals surface area (Å²) >= 11 is 0. The van der Waals surface area contributed by atoms with Crippen molar-refractivity contribution in [3.8, 4) is 11.5 Å². The molecule has 0 bridgehead atoms. The van der Waals surface area contributed by atoms with Crippen LogP contribution in [-0.2, 0) is 5.41 Å². The van der Waals surface area contributed by atoms with Crippen LogP contribution in [0, 0.1) is 0 Å². The Hall–Kier alpha value is -6.21. The Kier molecular flexibility index (Phi) is 6.97. The number of fused-ring (bicyclic) bond motifs is 10. The smallest absolute Gasteiger partial charge is 0.188 e. The zero-order chi connectivity index (χ0) is 36.8. The summed E-state index contributed by atoms with van der Waals surface area (Å²) < 4.78 is 6.85. The van der Waals surface area contributed by atoms with Crippen molar-refractivity contribution in [1.29, 1.82) is 0 Å². The zero-order valence-corrected chi connectivity index (χ0v) is 32.9. The van der Waals surface area contributed by atoms with Crippen molar-refractivity contribution in [2.24, 2.45) is 0 Å². The van der Waals surface area contributed by atoms with E-state index in [1.807, 2.05) is 0 Å². The van der Waals surface area contributed by atoms with Gasteiger partial charge in [-0.2, -0.15) is 0 Å². The van der Waals surface area contributed by atoms with Gasteiger partial charge in [-0.15, -0.1) is 0 Å². The molecule has 4 heteroatoms. The zero-order valence-electron chi connectivity index (χ0n) is 30.9. The summed E-state index contributed by atoms with van der Waals surface area (Å²) in [7, 11) is -5.92. The first-order valence-electron chi connectivity index (χ1n) is 19.3. The normalized spacial score (nSPS) is 16.0. The van der Waals surface area contributed by atoms with E-state index in [-0.39, 0.29) is 5.41 Å². The van der Waals surface area contributed by atoms with Gasteiger partial charge >= 0.3 is 0 Å². The van der Waals surface area contributed by atoms with Crippen molar-refractivity contribution >= 4 is 74.7 Å². The van der Waals surface area contributed by atoms with E-state index >= 15 is 0 Å². The highest BCUT2D eigenvalue weighted by Gasteiger charge is 2.59. The largest absolute Gasteiger partial charge is 0.458 e. The van der Waals surface area contributed by atoms with Crippen LogP contribution in [0.1, 0.15) is 25.0 Å². The van der Waals surface area contributed by atoms with Gasteiger partial charge < -0.3 is 9.64 Å². The minimum atomic E-state index is -3.03. The number of para-hydroxylation sites is 4. The third kappa shape index (κ3) is 4.24. The molecule has 0 radical (unpaired) electrons. The van der Waals surface area contributed by atoms with Gasteiger partial charge in [-0.1, -0.05) is 178 Å². The Balaban J connectivity index is 1.33. The SMILES string of the molecule is CC1(C)c2ccccc2N(c2ccc3c(c2)[Si]2(c4ccccc4Oc4ccccc42)c2ccccc2[Si]3(c2ccccc2)c2ccccc2)c2ccccc21. The van der Waals surface area contributed by atoms with E-state index in [1.54, 1.807) is 0 Å². The van der Waals surface area contributed by atoms with Crippen LogP contribution >= 0.6 is 0 Å². The maximum absolute atomic E-state index is 6.85. The molecule has 2 nitrogen and oxygen atoms in total. The van der Waals surface area contributed by atoms with Crippen LogP contribution < -0.4 is 51.1 Å². The molecule has 55 heavy (non-hydrogen) atoms. The van der Waals surface area contributed by atoms with Crippen LogP contribution in [0.2, 0.25) is 0 Å². The van der Waals surface area contributed by atoms with E-state index in [4.69, 9.17) is 4.74 Å². The molecule has 8 aromatic rings. The Morgan fingerprint density at radius 1 is 0.382 bits per heavy atom. The van der Waals surface area contributed by atoms with Gasteiger partial charge in [0.2, 0.25) is 0 Å². The molecule has 0 saturated carbocycles. The summed E-state index contributed by atoms with van der Waals surface area (Å²) in [5.41, 5.74) is 6.19. The summed E-state index contributed by atoms with van der Waals surface area (Å²) in [6.07, 6.45) is 0. The maximum atomic E-state index is 6.85. The molecule has 0 atom stereocenters. The molecule has 8 aromatic carbocycles. The van der Waals surface area contributed by atoms with Crippen LogP contribution in [0.15, 0.2) is 200 Å². The fourth-order valence-corrected chi connectivity index (χ4v) is 22.7. The molecule has 1 spiro atoms. The lowest BCUT2D eigenvalue weighted by atomic mass is 9.73. The number of benzene rings is 8. The predicted octanol–water partition coefficient (Wildman–Crippen LogP) is 6.97. The maximum Gasteiger partial charge on any atom is 0.188 e. The summed E-state index contributed by atoms with van der Waals surface area (Å²) in [6.45, 7) is 4.73. The lowest BCUT2D eigenvalue weighted by Gasteiger charge is -2.50. The molecule has 3 aliphatic rings. The molecule has 0 unspecified atom stereocenters. The highest BCUT2D eigenvalue weighted by atomic mass is 28.3. The first-order chi connectivity index (χ1) is 27.1. The molecule has 3 heterocycles. The van der Waals surface area contributed by atoms with Gasteiger partial charge in [0, 0.05) is 11.1 Å². The average Bonchev–Trinajstić information content (AvgIpc) is 3.25. The van der Waals surface area contributed by atoms with E-state index in [1.165, 1.54) is 69.7 Å². The van der Waals surface area contributed by atoms with Gasteiger partial charge in [0.15, 0.2) is 16.1 Å². The van der Waals surface area contributed by atoms with Crippen LogP contribution in [0.4, 0.5) is 17.1 Å². The number of anilines is 3. The molecule has 0 N–H and O–H groups in total. The monoisotopic (exact) mass is 737 g/mol. The minimum Gasteiger partial charge on any atom is -0.458 e. The van der Waals surface area contributed by atoms with Gasteiger partial charge in [-0.25, -0.2) is 0 Å². The Bertz CT molecular complexity index is 2660. The number of nitrogens with zero attached hydrogens (tertiary/aromatic N) is 1. The third-order valence-electron chi connectivity index (χ3n) is 12.7. The molecule has 0 aromatic heterocycles. The summed E-state index contributed by atoms with van der Waals surface area (Å²) in [4.78, 5) is 2.53. The van der Waals surface area contributed by atoms with Crippen LogP contribution in [0.5, 0.6) is 11.5 Å². The molecule has 262 valence electrons. The van der Waals surface area contributed by atoms with Gasteiger partial charge in [-0.05, 0) is 89.0 Å². The van der Waals surface area contributed by atoms with E-state index in [0.29, 0.717) is 0 Å². The molecular formula is C51H39NOSi2. The van der Waals surface area contributed by atoms with E-state index < -0.39 is 16.1 Å². The second-order valence-corrected chi connectivity index (χ2v) is 23.0. The van der Waals surface area contributed by atoms with Crippen molar-refractivity contribution in [1.82, 2.24) is 0 Å². The molecule has 0 saturated heterocycles. The summed E-state index contributed by atoms with van der Waals surface area (Å²) in [5, 5.41) is 11.3. The summed E-state index contributed by atoms with van der Waals surface area (Å²) in [6, 6.07) is 75.6. The van der Waals surface area contributed by atoms with E-state index in [2.05, 4.69) is 219 Å². The number of rotatable bonds is 3. The lowest BCUT2D eigenvalue weighted by Crippen LogP contribution is -2.93. The molecule has 0 aliphatic carbocycles. The Morgan fingerprint density at radius 2 is 0.800 bits per heavy atom. The average molecular weight is 738 g/mol. The molecule has 0 fully saturated rings. The van der Waals surface area contributed by atoms with Crippen LogP contribution in [-0.4, -0.2) is 16.1 Å². The number of hydrogen-bond acceptors (Lipinski definition) is 2. The van der Waals surface area contributed by atoms with E-state index in [9.17, 15) is 0 Å². The second kappa shape index (κ2) is 11.9. The highest BCUT2D eigenvalue weighted by molar-refractivity contribution is 7.33. The summed E-state index contributed by atoms with van der Waals surface area (Å²) in [5.74, 6) is 1.92. The quantitative estimate of drug-likeness (QED) is 0.182. The van der Waals surface area contributed by atoms with Gasteiger partial charge in [0.05, 0.1) is 11.4 Å². The number of ether oxygens (including phenoxy) is 1. The van der Waals surface area contributed by atoms with Crippen molar-refractivity contribution in [2.75, 3.05) is 4.90 Å². The van der Waals surface area contributed by atoms with Gasteiger partial charge in [-0.3, -0.25) is 0 Å². The second-order valence-electron chi connectivity index (χ2n) is 15.6.